The maximum absolute atomic E-state index is 3.70. The van der Waals surface area contributed by atoms with Gasteiger partial charge < -0.3 is 5.32 Å². The van der Waals surface area contributed by atoms with E-state index in [1.54, 1.807) is 0 Å². The molecule has 1 heteroatoms. The minimum atomic E-state index is 0.626. The van der Waals surface area contributed by atoms with Crippen molar-refractivity contribution in [2.24, 2.45) is 0 Å². The van der Waals surface area contributed by atoms with Crippen molar-refractivity contribution in [1.82, 2.24) is 0 Å². The van der Waals surface area contributed by atoms with E-state index in [4.69, 9.17) is 0 Å². The second-order valence-electron chi connectivity index (χ2n) is 3.91. The van der Waals surface area contributed by atoms with Gasteiger partial charge in [-0.15, -0.1) is 0 Å². The van der Waals surface area contributed by atoms with E-state index < -0.39 is 0 Å². The fourth-order valence-corrected chi connectivity index (χ4v) is 1.41. The molecule has 0 aliphatic carbocycles. The molecular weight excluding hydrogens is 170 g/mol. The first-order valence-corrected chi connectivity index (χ1v) is 5.25. The quantitative estimate of drug-likeness (QED) is 0.540. The van der Waals surface area contributed by atoms with Crippen LogP contribution in [0, 0.1) is 0 Å². The van der Waals surface area contributed by atoms with Crippen molar-refractivity contribution in [3.63, 3.8) is 0 Å². The monoisotopic (exact) mass is 190 g/mol. The molecular formula is C13H20N+. The van der Waals surface area contributed by atoms with E-state index in [0.29, 0.717) is 5.92 Å². The third-order valence-corrected chi connectivity index (χ3v) is 2.36. The summed E-state index contributed by atoms with van der Waals surface area (Å²) >= 11 is 0. The Morgan fingerprint density at radius 3 is 2.43 bits per heavy atom. The molecule has 0 spiro atoms. The first kappa shape index (κ1) is 11.0. The predicted molar refractivity (Wildman–Crippen MR) is 61.2 cm³/mol. The highest BCUT2D eigenvalue weighted by atomic mass is 14.8. The molecule has 14 heavy (non-hydrogen) atoms. The summed E-state index contributed by atoms with van der Waals surface area (Å²) in [5.41, 5.74) is 2.80. The van der Waals surface area contributed by atoms with E-state index in [2.05, 4.69) is 50.0 Å². The fraction of sp³-hybridized carbons (Fsp3) is 0.385. The Morgan fingerprint density at radius 1 is 1.29 bits per heavy atom. The van der Waals surface area contributed by atoms with Gasteiger partial charge in [-0.25, -0.2) is 0 Å². The van der Waals surface area contributed by atoms with Crippen LogP contribution in [0.3, 0.4) is 0 Å². The smallest absolute Gasteiger partial charge is 0.101 e. The minimum absolute atomic E-state index is 0.626. The lowest BCUT2D eigenvalue weighted by atomic mass is 10.0. The van der Waals surface area contributed by atoms with E-state index in [1.165, 1.54) is 11.1 Å². The lowest BCUT2D eigenvalue weighted by Gasteiger charge is -2.05. The zero-order valence-corrected chi connectivity index (χ0v) is 9.16. The van der Waals surface area contributed by atoms with E-state index in [1.807, 2.05) is 6.08 Å². The van der Waals surface area contributed by atoms with Crippen molar-refractivity contribution < 1.29 is 5.32 Å². The molecule has 0 bridgehead atoms. The zero-order valence-electron chi connectivity index (χ0n) is 9.16. The summed E-state index contributed by atoms with van der Waals surface area (Å²) in [6, 6.07) is 8.88. The van der Waals surface area contributed by atoms with Crippen LogP contribution in [-0.4, -0.2) is 6.54 Å². The lowest BCUT2D eigenvalue weighted by molar-refractivity contribution is -0.662. The Bertz CT molecular complexity index is 272. The zero-order chi connectivity index (χ0) is 10.4. The van der Waals surface area contributed by atoms with Gasteiger partial charge >= 0.3 is 0 Å². The van der Waals surface area contributed by atoms with Gasteiger partial charge in [0.25, 0.3) is 0 Å². The summed E-state index contributed by atoms with van der Waals surface area (Å²) < 4.78 is 0. The number of benzene rings is 1. The molecule has 0 radical (unpaired) electrons. The molecule has 1 rings (SSSR count). The number of hydrogen-bond acceptors (Lipinski definition) is 0. The van der Waals surface area contributed by atoms with Gasteiger partial charge in [0.15, 0.2) is 0 Å². The third-order valence-electron chi connectivity index (χ3n) is 2.36. The molecule has 1 nitrogen and oxygen atoms in total. The number of nitrogens with two attached hydrogens (primary N) is 1. The standard InChI is InChI=1S/C13H19N/c1-4-9-14-10-12-5-7-13(8-6-12)11(2)3/h4-8,11,14H,1,9-10H2,2-3H3/p+1. The van der Waals surface area contributed by atoms with E-state index >= 15 is 0 Å². The lowest BCUT2D eigenvalue weighted by Crippen LogP contribution is -2.82. The highest BCUT2D eigenvalue weighted by molar-refractivity contribution is 5.23. The number of hydrogen-bond donors (Lipinski definition) is 1. The van der Waals surface area contributed by atoms with Gasteiger partial charge in [0.1, 0.15) is 6.54 Å². The Morgan fingerprint density at radius 2 is 1.93 bits per heavy atom. The third kappa shape index (κ3) is 3.35. The highest BCUT2D eigenvalue weighted by Gasteiger charge is 1.99. The van der Waals surface area contributed by atoms with Gasteiger partial charge in [-0.05, 0) is 17.6 Å². The number of rotatable bonds is 5. The van der Waals surface area contributed by atoms with Crippen molar-refractivity contribution in [3.8, 4) is 0 Å². The molecule has 0 fully saturated rings. The molecule has 0 unspecified atom stereocenters. The maximum atomic E-state index is 3.70. The predicted octanol–water partition coefficient (Wildman–Crippen LogP) is 2.06. The SMILES string of the molecule is C=CC[NH2+]Cc1ccc(C(C)C)cc1. The minimum Gasteiger partial charge on any atom is -0.339 e. The molecule has 76 valence electrons. The van der Waals surface area contributed by atoms with Crippen molar-refractivity contribution >= 4 is 0 Å². The van der Waals surface area contributed by atoms with Crippen LogP contribution >= 0.6 is 0 Å². The summed E-state index contributed by atoms with van der Waals surface area (Å²) in [5.74, 6) is 0.626. The molecule has 0 heterocycles. The molecule has 0 saturated heterocycles. The summed E-state index contributed by atoms with van der Waals surface area (Å²) in [4.78, 5) is 0. The Hall–Kier alpha value is -1.08. The molecule has 1 aromatic carbocycles. The largest absolute Gasteiger partial charge is 0.339 e. The first-order valence-electron chi connectivity index (χ1n) is 5.25. The molecule has 0 aliphatic rings. The number of quaternary nitrogens is 1. The summed E-state index contributed by atoms with van der Waals surface area (Å²) in [6.07, 6.45) is 1.93. The van der Waals surface area contributed by atoms with Gasteiger partial charge in [0.05, 0.1) is 6.54 Å². The molecule has 1 aromatic rings. The maximum Gasteiger partial charge on any atom is 0.101 e. The van der Waals surface area contributed by atoms with E-state index in [0.717, 1.165) is 13.1 Å². The Balaban J connectivity index is 2.51. The average molecular weight is 190 g/mol. The van der Waals surface area contributed by atoms with Crippen LogP contribution in [0.1, 0.15) is 30.9 Å². The Labute approximate surface area is 86.8 Å². The fourth-order valence-electron chi connectivity index (χ4n) is 1.41. The van der Waals surface area contributed by atoms with E-state index in [-0.39, 0.29) is 0 Å². The molecule has 0 saturated carbocycles. The van der Waals surface area contributed by atoms with Crippen LogP contribution in [0.25, 0.3) is 0 Å². The Kier molecular flexibility index (Phi) is 4.41. The van der Waals surface area contributed by atoms with Gasteiger partial charge in [-0.3, -0.25) is 0 Å². The van der Waals surface area contributed by atoms with Crippen LogP contribution in [0.4, 0.5) is 0 Å². The van der Waals surface area contributed by atoms with Gasteiger partial charge in [-0.1, -0.05) is 44.7 Å². The van der Waals surface area contributed by atoms with Gasteiger partial charge in [0.2, 0.25) is 0 Å². The second-order valence-corrected chi connectivity index (χ2v) is 3.91. The molecule has 0 amide bonds. The van der Waals surface area contributed by atoms with Crippen LogP contribution in [0.15, 0.2) is 36.9 Å². The van der Waals surface area contributed by atoms with Gasteiger partial charge in [0, 0.05) is 5.56 Å². The van der Waals surface area contributed by atoms with Gasteiger partial charge in [-0.2, -0.15) is 0 Å². The van der Waals surface area contributed by atoms with E-state index in [9.17, 15) is 0 Å². The van der Waals surface area contributed by atoms with Crippen molar-refractivity contribution in [1.29, 1.82) is 0 Å². The molecule has 0 atom stereocenters. The van der Waals surface area contributed by atoms with Crippen LogP contribution in [0.2, 0.25) is 0 Å². The first-order chi connectivity index (χ1) is 6.74. The summed E-state index contributed by atoms with van der Waals surface area (Å²) in [5, 5.41) is 2.25. The van der Waals surface area contributed by atoms with Crippen LogP contribution in [-0.2, 0) is 6.54 Å². The average Bonchev–Trinajstić information content (AvgIpc) is 2.19. The molecule has 0 aromatic heterocycles. The molecule has 2 N–H and O–H groups in total. The molecule has 0 aliphatic heterocycles. The topological polar surface area (TPSA) is 16.6 Å². The van der Waals surface area contributed by atoms with Crippen LogP contribution in [0.5, 0.6) is 0 Å². The van der Waals surface area contributed by atoms with Crippen LogP contribution < -0.4 is 5.32 Å². The second kappa shape index (κ2) is 5.61. The van der Waals surface area contributed by atoms with Crippen molar-refractivity contribution in [2.75, 3.05) is 6.54 Å². The normalized spacial score (nSPS) is 10.5. The summed E-state index contributed by atoms with van der Waals surface area (Å²) in [7, 11) is 0. The highest BCUT2D eigenvalue weighted by Crippen LogP contribution is 2.13. The van der Waals surface area contributed by atoms with Crippen molar-refractivity contribution in [2.45, 2.75) is 26.3 Å². The van der Waals surface area contributed by atoms with Crippen molar-refractivity contribution in [3.05, 3.63) is 48.0 Å². The summed E-state index contributed by atoms with van der Waals surface area (Å²) in [6.45, 7) is 10.2.